The quantitative estimate of drug-likeness (QED) is 0.539. The van der Waals surface area contributed by atoms with Gasteiger partial charge in [-0.3, -0.25) is 9.48 Å². The summed E-state index contributed by atoms with van der Waals surface area (Å²) in [6.07, 6.45) is 1.72. The van der Waals surface area contributed by atoms with Crippen LogP contribution < -0.4 is 15.4 Å². The molecule has 0 bridgehead atoms. The summed E-state index contributed by atoms with van der Waals surface area (Å²) in [6, 6.07) is 13.8. The number of carbonyl (C=O) groups excluding carboxylic acids is 2. The molecule has 1 aromatic heterocycles. The summed E-state index contributed by atoms with van der Waals surface area (Å²) in [5.41, 5.74) is 3.39. The average Bonchev–Trinajstić information content (AvgIpc) is 3.14. The van der Waals surface area contributed by atoms with E-state index < -0.39 is 6.03 Å². The van der Waals surface area contributed by atoms with Gasteiger partial charge in [-0.15, -0.1) is 0 Å². The van der Waals surface area contributed by atoms with Crippen LogP contribution in [-0.2, 0) is 7.05 Å². The van der Waals surface area contributed by atoms with Crippen LogP contribution in [0.3, 0.4) is 0 Å². The van der Waals surface area contributed by atoms with Gasteiger partial charge in [-0.1, -0.05) is 12.1 Å². The molecule has 3 aromatic rings. The Labute approximate surface area is 181 Å². The minimum atomic E-state index is -0.405. The number of ketones is 1. The van der Waals surface area contributed by atoms with E-state index in [2.05, 4.69) is 15.7 Å². The van der Waals surface area contributed by atoms with Gasteiger partial charge in [0.25, 0.3) is 0 Å². The van der Waals surface area contributed by atoms with Crippen LogP contribution in [0.4, 0.5) is 16.2 Å². The molecule has 2 N–H and O–H groups in total. The summed E-state index contributed by atoms with van der Waals surface area (Å²) in [5.74, 6) is 0.653. The Bertz CT molecular complexity index is 1070. The monoisotopic (exact) mass is 421 g/mol. The highest BCUT2D eigenvalue weighted by Gasteiger charge is 2.13. The average molecular weight is 422 g/mol. The Balaban J connectivity index is 1.78. The molecule has 3 rings (SSSR count). The molecule has 1 heterocycles. The van der Waals surface area contributed by atoms with E-state index in [1.807, 2.05) is 44.2 Å². The first-order valence-corrected chi connectivity index (χ1v) is 9.92. The van der Waals surface area contributed by atoms with Crippen LogP contribution in [0.5, 0.6) is 5.75 Å². The Morgan fingerprint density at radius 3 is 2.45 bits per heavy atom. The number of rotatable bonds is 8. The molecule has 0 radical (unpaired) electrons. The summed E-state index contributed by atoms with van der Waals surface area (Å²) in [4.78, 5) is 26.1. The maximum Gasteiger partial charge on any atom is 0.323 e. The van der Waals surface area contributed by atoms with Crippen LogP contribution in [-0.4, -0.2) is 53.7 Å². The Kier molecular flexibility index (Phi) is 7.04. The largest absolute Gasteiger partial charge is 0.492 e. The molecule has 31 heavy (non-hydrogen) atoms. The number of aromatic nitrogens is 2. The highest BCUT2D eigenvalue weighted by molar-refractivity contribution is 6.01. The molecule has 8 nitrogen and oxygen atoms in total. The van der Waals surface area contributed by atoms with Crippen LogP contribution in [0.1, 0.15) is 17.3 Å². The van der Waals surface area contributed by atoms with E-state index in [4.69, 9.17) is 4.74 Å². The molecule has 2 amide bonds. The van der Waals surface area contributed by atoms with Gasteiger partial charge in [0.15, 0.2) is 5.78 Å². The first-order valence-electron chi connectivity index (χ1n) is 9.92. The number of likely N-dealkylation sites (N-methyl/N-ethyl adjacent to an activating group) is 1. The number of nitrogens with one attached hydrogen (secondary N) is 2. The molecule has 162 valence electrons. The number of benzene rings is 2. The van der Waals surface area contributed by atoms with Crippen molar-refractivity contribution in [3.8, 4) is 17.0 Å². The first kappa shape index (κ1) is 22.0. The van der Waals surface area contributed by atoms with E-state index in [0.29, 0.717) is 29.3 Å². The Morgan fingerprint density at radius 1 is 1.06 bits per heavy atom. The lowest BCUT2D eigenvalue weighted by molar-refractivity contribution is 0.101. The second-order valence-corrected chi connectivity index (χ2v) is 7.42. The van der Waals surface area contributed by atoms with Crippen molar-refractivity contribution in [2.24, 2.45) is 7.05 Å². The Hall–Kier alpha value is -3.65. The lowest BCUT2D eigenvalue weighted by Crippen LogP contribution is -2.20. The zero-order chi connectivity index (χ0) is 22.4. The number of carbonyl (C=O) groups is 2. The number of hydrogen-bond donors (Lipinski definition) is 2. The van der Waals surface area contributed by atoms with Gasteiger partial charge in [-0.2, -0.15) is 5.10 Å². The van der Waals surface area contributed by atoms with E-state index in [9.17, 15) is 9.59 Å². The minimum absolute atomic E-state index is 0.0604. The summed E-state index contributed by atoms with van der Waals surface area (Å²) in [6.45, 7) is 2.81. The van der Waals surface area contributed by atoms with Crippen molar-refractivity contribution in [1.29, 1.82) is 0 Å². The molecule has 0 fully saturated rings. The van der Waals surface area contributed by atoms with Crippen LogP contribution in [0.2, 0.25) is 0 Å². The van der Waals surface area contributed by atoms with Crippen molar-refractivity contribution in [3.63, 3.8) is 0 Å². The molecule has 2 aromatic carbocycles. The molecule has 0 atom stereocenters. The van der Waals surface area contributed by atoms with Gasteiger partial charge in [0.2, 0.25) is 0 Å². The van der Waals surface area contributed by atoms with E-state index >= 15 is 0 Å². The van der Waals surface area contributed by atoms with Gasteiger partial charge in [0.1, 0.15) is 12.4 Å². The van der Waals surface area contributed by atoms with Gasteiger partial charge in [-0.25, -0.2) is 4.79 Å². The minimum Gasteiger partial charge on any atom is -0.492 e. The third-order valence-electron chi connectivity index (χ3n) is 4.66. The van der Waals surface area contributed by atoms with Crippen LogP contribution >= 0.6 is 0 Å². The molecule has 0 saturated heterocycles. The van der Waals surface area contributed by atoms with Crippen molar-refractivity contribution in [3.05, 3.63) is 60.3 Å². The lowest BCUT2D eigenvalue weighted by atomic mass is 10.1. The molecule has 8 heteroatoms. The highest BCUT2D eigenvalue weighted by atomic mass is 16.5. The van der Waals surface area contributed by atoms with E-state index in [-0.39, 0.29) is 5.78 Å². The molecule has 0 aliphatic rings. The third kappa shape index (κ3) is 5.93. The lowest BCUT2D eigenvalue weighted by Gasteiger charge is -2.16. The van der Waals surface area contributed by atoms with Gasteiger partial charge in [-0.05, 0) is 57.4 Å². The molecular weight excluding hydrogens is 394 g/mol. The highest BCUT2D eigenvalue weighted by Crippen LogP contribution is 2.32. The maximum absolute atomic E-state index is 12.5. The zero-order valence-electron chi connectivity index (χ0n) is 18.2. The predicted molar refractivity (Wildman–Crippen MR) is 122 cm³/mol. The summed E-state index contributed by atoms with van der Waals surface area (Å²) < 4.78 is 7.73. The number of hydrogen-bond acceptors (Lipinski definition) is 5. The van der Waals surface area contributed by atoms with Crippen LogP contribution in [0.15, 0.2) is 54.7 Å². The van der Waals surface area contributed by atoms with Crippen molar-refractivity contribution in [2.75, 3.05) is 37.9 Å². The van der Waals surface area contributed by atoms with Gasteiger partial charge in [0, 0.05) is 42.3 Å². The van der Waals surface area contributed by atoms with Crippen molar-refractivity contribution in [2.45, 2.75) is 6.92 Å². The third-order valence-corrected chi connectivity index (χ3v) is 4.66. The topological polar surface area (TPSA) is 88.5 Å². The summed E-state index contributed by atoms with van der Waals surface area (Å²) in [7, 11) is 5.83. The van der Waals surface area contributed by atoms with Crippen molar-refractivity contribution in [1.82, 2.24) is 14.7 Å². The smallest absolute Gasteiger partial charge is 0.323 e. The van der Waals surface area contributed by atoms with Gasteiger partial charge < -0.3 is 20.3 Å². The molecule has 0 spiro atoms. The number of anilines is 2. The second-order valence-electron chi connectivity index (χ2n) is 7.42. The van der Waals surface area contributed by atoms with E-state index in [0.717, 1.165) is 17.8 Å². The zero-order valence-corrected chi connectivity index (χ0v) is 18.2. The number of Topliss-reactive ketones (excluding diaryl/α,β-unsaturated/α-hetero) is 1. The fourth-order valence-electron chi connectivity index (χ4n) is 3.02. The SMILES string of the molecule is CC(=O)c1cccc(NC(=O)Nc2ccc(OCCN(C)C)c(-c3ccnn3C)c2)c1. The van der Waals surface area contributed by atoms with Crippen LogP contribution in [0.25, 0.3) is 11.3 Å². The second kappa shape index (κ2) is 9.90. The summed E-state index contributed by atoms with van der Waals surface area (Å²) >= 11 is 0. The fraction of sp³-hybridized carbons (Fsp3) is 0.261. The fourth-order valence-corrected chi connectivity index (χ4v) is 3.02. The van der Waals surface area contributed by atoms with Crippen molar-refractivity contribution < 1.29 is 14.3 Å². The molecular formula is C23H27N5O3. The number of amides is 2. The van der Waals surface area contributed by atoms with Crippen LogP contribution in [0, 0.1) is 0 Å². The molecule has 0 saturated carbocycles. The number of ether oxygens (including phenoxy) is 1. The standard InChI is InChI=1S/C23H27N5O3/c1-16(29)17-6-5-7-18(14-17)25-23(30)26-19-8-9-22(31-13-12-27(2)3)20(15-19)21-10-11-24-28(21)4/h5-11,14-15H,12-13H2,1-4H3,(H2,25,26,30). The maximum atomic E-state index is 12.5. The van der Waals surface area contributed by atoms with E-state index in [1.54, 1.807) is 41.2 Å². The molecule has 0 unspecified atom stereocenters. The molecule has 0 aliphatic carbocycles. The predicted octanol–water partition coefficient (Wildman–Crippen LogP) is 3.87. The number of nitrogens with zero attached hydrogens (tertiary/aromatic N) is 3. The van der Waals surface area contributed by atoms with Crippen molar-refractivity contribution >= 4 is 23.2 Å². The summed E-state index contributed by atoms with van der Waals surface area (Å²) in [5, 5.41) is 9.83. The number of aryl methyl sites for hydroxylation is 1. The van der Waals surface area contributed by atoms with Gasteiger partial charge >= 0.3 is 6.03 Å². The Morgan fingerprint density at radius 2 is 1.81 bits per heavy atom. The molecule has 0 aliphatic heterocycles. The van der Waals surface area contributed by atoms with Gasteiger partial charge in [0.05, 0.1) is 5.69 Å². The van der Waals surface area contributed by atoms with E-state index in [1.165, 1.54) is 6.92 Å². The normalized spacial score (nSPS) is 10.7. The number of urea groups is 1. The first-order chi connectivity index (χ1) is 14.8.